The molecule has 2 heterocycles. The molecule has 2 aromatic heterocycles. The van der Waals surface area contributed by atoms with Gasteiger partial charge in [-0.1, -0.05) is 12.1 Å². The lowest BCUT2D eigenvalue weighted by atomic mass is 10.1. The van der Waals surface area contributed by atoms with E-state index in [2.05, 4.69) is 9.97 Å². The Kier molecular flexibility index (Phi) is 2.67. The molecule has 0 fully saturated rings. The van der Waals surface area contributed by atoms with Crippen LogP contribution in [0.1, 0.15) is 18.5 Å². The molecule has 0 radical (unpaired) electrons. The van der Waals surface area contributed by atoms with Gasteiger partial charge in [-0.15, -0.1) is 0 Å². The fourth-order valence-corrected chi connectivity index (χ4v) is 2.22. The van der Waals surface area contributed by atoms with Gasteiger partial charge in [0.2, 0.25) is 5.95 Å². The van der Waals surface area contributed by atoms with Gasteiger partial charge in [0.05, 0.1) is 6.04 Å². The molecule has 4 nitrogen and oxygen atoms in total. The summed E-state index contributed by atoms with van der Waals surface area (Å²) in [5, 5.41) is 0. The van der Waals surface area contributed by atoms with Crippen molar-refractivity contribution in [2.75, 3.05) is 5.73 Å². The van der Waals surface area contributed by atoms with Crippen LogP contribution in [0.5, 0.6) is 0 Å². The first-order chi connectivity index (χ1) is 9.16. The first-order valence-corrected chi connectivity index (χ1v) is 6.00. The fourth-order valence-electron chi connectivity index (χ4n) is 2.22. The lowest BCUT2D eigenvalue weighted by Crippen LogP contribution is -2.10. The lowest BCUT2D eigenvalue weighted by molar-refractivity contribution is 0.620. The molecule has 0 saturated heterocycles. The molecule has 19 heavy (non-hydrogen) atoms. The summed E-state index contributed by atoms with van der Waals surface area (Å²) in [5.74, 6) is 0.156. The summed E-state index contributed by atoms with van der Waals surface area (Å²) in [4.78, 5) is 8.59. The zero-order valence-electron chi connectivity index (χ0n) is 10.4. The number of nitrogens with two attached hydrogens (primary N) is 1. The van der Waals surface area contributed by atoms with Crippen LogP contribution in [-0.2, 0) is 0 Å². The summed E-state index contributed by atoms with van der Waals surface area (Å²) in [6.07, 6.45) is 1.71. The number of nitrogens with zero attached hydrogens (tertiary/aromatic N) is 3. The lowest BCUT2D eigenvalue weighted by Gasteiger charge is -2.15. The van der Waals surface area contributed by atoms with Gasteiger partial charge >= 0.3 is 0 Å². The van der Waals surface area contributed by atoms with Gasteiger partial charge in [0.15, 0.2) is 5.65 Å². The molecule has 0 aliphatic carbocycles. The minimum absolute atomic E-state index is 0.0551. The van der Waals surface area contributed by atoms with E-state index in [0.717, 1.165) is 16.7 Å². The second-order valence-corrected chi connectivity index (χ2v) is 4.41. The van der Waals surface area contributed by atoms with Gasteiger partial charge in [0.25, 0.3) is 0 Å². The molecule has 0 bridgehead atoms. The molecule has 0 aliphatic rings. The van der Waals surface area contributed by atoms with Crippen molar-refractivity contribution in [3.05, 3.63) is 54.0 Å². The second kappa shape index (κ2) is 4.35. The Morgan fingerprint density at radius 1 is 1.21 bits per heavy atom. The molecule has 1 unspecified atom stereocenters. The molecule has 0 aliphatic heterocycles. The molecule has 0 saturated carbocycles. The number of benzene rings is 1. The Balaban J connectivity index is 2.13. The van der Waals surface area contributed by atoms with E-state index in [1.807, 2.05) is 23.6 Å². The van der Waals surface area contributed by atoms with Crippen LogP contribution in [0, 0.1) is 5.82 Å². The molecular formula is C14H13FN4. The van der Waals surface area contributed by atoms with Gasteiger partial charge in [-0.05, 0) is 36.8 Å². The van der Waals surface area contributed by atoms with Crippen molar-refractivity contribution in [1.29, 1.82) is 0 Å². The monoisotopic (exact) mass is 256 g/mol. The molecule has 3 rings (SSSR count). The first-order valence-electron chi connectivity index (χ1n) is 6.00. The highest BCUT2D eigenvalue weighted by molar-refractivity contribution is 5.74. The first kappa shape index (κ1) is 11.6. The van der Waals surface area contributed by atoms with Crippen LogP contribution in [-0.4, -0.2) is 14.5 Å². The summed E-state index contributed by atoms with van der Waals surface area (Å²) in [7, 11) is 0. The normalized spacial score (nSPS) is 12.7. The van der Waals surface area contributed by atoms with E-state index >= 15 is 0 Å². The van der Waals surface area contributed by atoms with Crippen LogP contribution >= 0.6 is 0 Å². The highest BCUT2D eigenvalue weighted by atomic mass is 19.1. The Morgan fingerprint density at radius 3 is 2.68 bits per heavy atom. The van der Waals surface area contributed by atoms with Crippen molar-refractivity contribution < 1.29 is 4.39 Å². The van der Waals surface area contributed by atoms with Gasteiger partial charge in [-0.25, -0.2) is 14.4 Å². The van der Waals surface area contributed by atoms with Crippen molar-refractivity contribution in [3.63, 3.8) is 0 Å². The van der Waals surface area contributed by atoms with E-state index in [1.165, 1.54) is 12.1 Å². The predicted octanol–water partition coefficient (Wildman–Crippen LogP) is 2.76. The average molecular weight is 256 g/mol. The summed E-state index contributed by atoms with van der Waals surface area (Å²) < 4.78 is 14.8. The number of fused-ring (bicyclic) bond motifs is 1. The maximum atomic E-state index is 13.0. The van der Waals surface area contributed by atoms with Gasteiger partial charge in [0, 0.05) is 6.20 Å². The van der Waals surface area contributed by atoms with Gasteiger partial charge in [-0.2, -0.15) is 0 Å². The molecule has 5 heteroatoms. The van der Waals surface area contributed by atoms with Gasteiger partial charge in [0.1, 0.15) is 11.3 Å². The summed E-state index contributed by atoms with van der Waals surface area (Å²) >= 11 is 0. The average Bonchev–Trinajstić information content (AvgIpc) is 2.74. The van der Waals surface area contributed by atoms with Crippen molar-refractivity contribution in [1.82, 2.24) is 14.5 Å². The Bertz CT molecular complexity index is 718. The number of aromatic nitrogens is 3. The van der Waals surface area contributed by atoms with E-state index in [-0.39, 0.29) is 11.9 Å². The standard InChI is InChI=1S/C14H13FN4/c1-9(10-4-6-11(15)7-5-10)19-13-12(18-14(19)16)3-2-8-17-13/h2-9H,1H3,(H2,16,18). The van der Waals surface area contributed by atoms with Gasteiger partial charge < -0.3 is 5.73 Å². The molecule has 0 spiro atoms. The quantitative estimate of drug-likeness (QED) is 0.767. The van der Waals surface area contributed by atoms with Gasteiger partial charge in [-0.3, -0.25) is 4.57 Å². The Labute approximate surface area is 109 Å². The third kappa shape index (κ3) is 1.93. The fraction of sp³-hybridized carbons (Fsp3) is 0.143. The smallest absolute Gasteiger partial charge is 0.203 e. The van der Waals surface area contributed by atoms with E-state index in [4.69, 9.17) is 5.73 Å². The maximum absolute atomic E-state index is 13.0. The third-order valence-electron chi connectivity index (χ3n) is 3.22. The van der Waals surface area contributed by atoms with Crippen molar-refractivity contribution >= 4 is 17.1 Å². The molecule has 3 aromatic rings. The number of anilines is 1. The van der Waals surface area contributed by atoms with Crippen molar-refractivity contribution in [2.24, 2.45) is 0 Å². The summed E-state index contributed by atoms with van der Waals surface area (Å²) in [6, 6.07) is 10.0. The second-order valence-electron chi connectivity index (χ2n) is 4.41. The topological polar surface area (TPSA) is 56.7 Å². The van der Waals surface area contributed by atoms with Crippen LogP contribution in [0.15, 0.2) is 42.6 Å². The number of nitrogen functional groups attached to an aromatic ring is 1. The van der Waals surface area contributed by atoms with E-state index in [0.29, 0.717) is 5.95 Å². The highest BCUT2D eigenvalue weighted by Gasteiger charge is 2.16. The molecule has 1 aromatic carbocycles. The minimum atomic E-state index is -0.252. The number of imidazole rings is 1. The Morgan fingerprint density at radius 2 is 1.95 bits per heavy atom. The van der Waals surface area contributed by atoms with E-state index in [1.54, 1.807) is 18.3 Å². The van der Waals surface area contributed by atoms with Crippen LogP contribution in [0.3, 0.4) is 0 Å². The number of rotatable bonds is 2. The molecule has 96 valence electrons. The van der Waals surface area contributed by atoms with E-state index in [9.17, 15) is 4.39 Å². The summed E-state index contributed by atoms with van der Waals surface area (Å²) in [5.41, 5.74) is 8.41. The summed E-state index contributed by atoms with van der Waals surface area (Å²) in [6.45, 7) is 1.99. The minimum Gasteiger partial charge on any atom is -0.369 e. The SMILES string of the molecule is CC(c1ccc(F)cc1)n1c(N)nc2cccnc21. The largest absolute Gasteiger partial charge is 0.369 e. The molecule has 2 N–H and O–H groups in total. The molecule has 1 atom stereocenters. The number of pyridine rings is 1. The number of hydrogen-bond donors (Lipinski definition) is 1. The third-order valence-corrected chi connectivity index (χ3v) is 3.22. The van der Waals surface area contributed by atoms with Crippen LogP contribution in [0.2, 0.25) is 0 Å². The predicted molar refractivity (Wildman–Crippen MR) is 72.2 cm³/mol. The highest BCUT2D eigenvalue weighted by Crippen LogP contribution is 2.25. The number of hydrogen-bond acceptors (Lipinski definition) is 3. The van der Waals surface area contributed by atoms with Crippen LogP contribution in [0.25, 0.3) is 11.2 Å². The van der Waals surface area contributed by atoms with Crippen LogP contribution < -0.4 is 5.73 Å². The van der Waals surface area contributed by atoms with Crippen molar-refractivity contribution in [3.8, 4) is 0 Å². The van der Waals surface area contributed by atoms with Crippen LogP contribution in [0.4, 0.5) is 10.3 Å². The van der Waals surface area contributed by atoms with Crippen molar-refractivity contribution in [2.45, 2.75) is 13.0 Å². The zero-order valence-corrected chi connectivity index (χ0v) is 10.4. The zero-order chi connectivity index (χ0) is 13.4. The number of halogens is 1. The maximum Gasteiger partial charge on any atom is 0.203 e. The molecular weight excluding hydrogens is 243 g/mol. The van der Waals surface area contributed by atoms with E-state index < -0.39 is 0 Å². The Hall–Kier alpha value is -2.43. The molecule has 0 amide bonds.